The predicted octanol–water partition coefficient (Wildman–Crippen LogP) is 3.36. The van der Waals surface area contributed by atoms with Gasteiger partial charge in [0.2, 0.25) is 0 Å². The first kappa shape index (κ1) is 17.3. The van der Waals surface area contributed by atoms with Crippen LogP contribution in [-0.2, 0) is 0 Å². The molecule has 5 heteroatoms. The van der Waals surface area contributed by atoms with Crippen LogP contribution in [0.4, 0.5) is 0 Å². The third kappa shape index (κ3) is 6.31. The highest BCUT2D eigenvalue weighted by Crippen LogP contribution is 2.28. The maximum absolute atomic E-state index is 4.42. The molecular weight excluding hydrogens is 298 g/mol. The van der Waals surface area contributed by atoms with Gasteiger partial charge in [0.05, 0.1) is 0 Å². The van der Waals surface area contributed by atoms with Gasteiger partial charge in [-0.25, -0.2) is 0 Å². The van der Waals surface area contributed by atoms with Crippen molar-refractivity contribution in [2.45, 2.75) is 56.7 Å². The summed E-state index contributed by atoms with van der Waals surface area (Å²) in [6, 6.07) is 0.607. The van der Waals surface area contributed by atoms with Crippen LogP contribution in [0.5, 0.6) is 0 Å². The van der Waals surface area contributed by atoms with Crippen molar-refractivity contribution >= 4 is 29.5 Å². The van der Waals surface area contributed by atoms with Crippen molar-refractivity contribution in [1.29, 1.82) is 0 Å². The topological polar surface area (TPSA) is 36.4 Å². The lowest BCUT2D eigenvalue weighted by molar-refractivity contribution is 0.414. The highest BCUT2D eigenvalue weighted by Gasteiger charge is 2.22. The Kier molecular flexibility index (Phi) is 8.15. The fraction of sp³-hybridized carbons (Fsp3) is 0.938. The number of nitrogens with one attached hydrogen (secondary N) is 2. The monoisotopic (exact) mass is 329 g/mol. The zero-order valence-electron chi connectivity index (χ0n) is 13.6. The summed E-state index contributed by atoms with van der Waals surface area (Å²) in [4.78, 5) is 4.42. The molecule has 0 amide bonds. The molecule has 0 bridgehead atoms. The van der Waals surface area contributed by atoms with E-state index in [2.05, 4.69) is 46.1 Å². The average molecular weight is 330 g/mol. The molecule has 2 fully saturated rings. The van der Waals surface area contributed by atoms with Crippen molar-refractivity contribution in [1.82, 2.24) is 10.6 Å². The van der Waals surface area contributed by atoms with E-state index in [1.807, 2.05) is 7.05 Å². The summed E-state index contributed by atoms with van der Waals surface area (Å²) >= 11 is 4.22. The molecule has 0 aromatic rings. The Labute approximate surface area is 138 Å². The van der Waals surface area contributed by atoms with Gasteiger partial charge in [0.15, 0.2) is 5.96 Å². The molecule has 3 nitrogen and oxygen atoms in total. The zero-order valence-corrected chi connectivity index (χ0v) is 15.2. The van der Waals surface area contributed by atoms with Gasteiger partial charge in [-0.1, -0.05) is 13.3 Å². The molecule has 2 aliphatic rings. The second-order valence-electron chi connectivity index (χ2n) is 6.09. The fourth-order valence-electron chi connectivity index (χ4n) is 3.24. The average Bonchev–Trinajstić information content (AvgIpc) is 2.53. The highest BCUT2D eigenvalue weighted by atomic mass is 32.2. The smallest absolute Gasteiger partial charge is 0.191 e. The minimum absolute atomic E-state index is 0.607. The summed E-state index contributed by atoms with van der Waals surface area (Å²) in [6.45, 7) is 3.35. The van der Waals surface area contributed by atoms with Gasteiger partial charge in [-0.15, -0.1) is 0 Å². The van der Waals surface area contributed by atoms with E-state index in [9.17, 15) is 0 Å². The lowest BCUT2D eigenvalue weighted by Crippen LogP contribution is -2.47. The number of hydrogen-bond acceptors (Lipinski definition) is 3. The Morgan fingerprint density at radius 3 is 2.76 bits per heavy atom. The number of rotatable bonds is 5. The molecule has 1 saturated carbocycles. The first-order chi connectivity index (χ1) is 10.3. The molecule has 2 atom stereocenters. The maximum atomic E-state index is 4.42. The van der Waals surface area contributed by atoms with E-state index in [1.54, 1.807) is 0 Å². The van der Waals surface area contributed by atoms with Gasteiger partial charge in [0.1, 0.15) is 0 Å². The first-order valence-electron chi connectivity index (χ1n) is 8.48. The van der Waals surface area contributed by atoms with Crippen LogP contribution in [0.25, 0.3) is 0 Å². The van der Waals surface area contributed by atoms with Crippen LogP contribution in [0, 0.1) is 5.92 Å². The highest BCUT2D eigenvalue weighted by molar-refractivity contribution is 7.99. The number of aliphatic imine (C=N–C) groups is 1. The molecule has 0 spiro atoms. The van der Waals surface area contributed by atoms with Crippen molar-refractivity contribution in [3.8, 4) is 0 Å². The van der Waals surface area contributed by atoms with Gasteiger partial charge < -0.3 is 10.6 Å². The molecule has 2 N–H and O–H groups in total. The Hall–Kier alpha value is -0.0300. The van der Waals surface area contributed by atoms with Gasteiger partial charge >= 0.3 is 0 Å². The van der Waals surface area contributed by atoms with E-state index in [4.69, 9.17) is 0 Å². The predicted molar refractivity (Wildman–Crippen MR) is 98.7 cm³/mol. The van der Waals surface area contributed by atoms with Crippen LogP contribution in [-0.4, -0.2) is 48.1 Å². The summed E-state index contributed by atoms with van der Waals surface area (Å²) < 4.78 is 0. The van der Waals surface area contributed by atoms with Crippen molar-refractivity contribution in [3.05, 3.63) is 0 Å². The molecule has 0 radical (unpaired) electrons. The summed E-state index contributed by atoms with van der Waals surface area (Å²) in [5.74, 6) is 5.75. The molecular formula is C16H31N3S2. The minimum atomic E-state index is 0.607. The van der Waals surface area contributed by atoms with Gasteiger partial charge in [-0.3, -0.25) is 4.99 Å². The lowest BCUT2D eigenvalue weighted by atomic mass is 9.95. The molecule has 2 unspecified atom stereocenters. The first-order valence-corrected chi connectivity index (χ1v) is 10.7. The molecule has 0 aromatic heterocycles. The van der Waals surface area contributed by atoms with Crippen molar-refractivity contribution in [2.75, 3.05) is 30.9 Å². The van der Waals surface area contributed by atoms with E-state index in [-0.39, 0.29) is 0 Å². The van der Waals surface area contributed by atoms with Crippen LogP contribution < -0.4 is 10.6 Å². The summed E-state index contributed by atoms with van der Waals surface area (Å²) in [6.07, 6.45) is 8.04. The third-order valence-electron chi connectivity index (χ3n) is 4.49. The Morgan fingerprint density at radius 2 is 2.05 bits per heavy atom. The van der Waals surface area contributed by atoms with E-state index in [0.29, 0.717) is 6.04 Å². The molecule has 1 heterocycles. The molecule has 0 aromatic carbocycles. The van der Waals surface area contributed by atoms with Crippen molar-refractivity contribution in [2.24, 2.45) is 10.9 Å². The number of hydrogen-bond donors (Lipinski definition) is 2. The number of thioether (sulfide) groups is 2. The van der Waals surface area contributed by atoms with E-state index in [1.165, 1.54) is 55.8 Å². The van der Waals surface area contributed by atoms with Crippen LogP contribution in [0.3, 0.4) is 0 Å². The maximum Gasteiger partial charge on any atom is 0.191 e. The van der Waals surface area contributed by atoms with E-state index in [0.717, 1.165) is 23.7 Å². The zero-order chi connectivity index (χ0) is 14.9. The van der Waals surface area contributed by atoms with Gasteiger partial charge in [-0.05, 0) is 55.3 Å². The summed E-state index contributed by atoms with van der Waals surface area (Å²) in [5, 5.41) is 8.05. The van der Waals surface area contributed by atoms with Crippen LogP contribution >= 0.6 is 23.5 Å². The quantitative estimate of drug-likeness (QED) is 0.599. The molecule has 2 rings (SSSR count). The van der Waals surface area contributed by atoms with Crippen LogP contribution in [0.2, 0.25) is 0 Å². The molecule has 1 saturated heterocycles. The number of nitrogens with zero attached hydrogens (tertiary/aromatic N) is 1. The van der Waals surface area contributed by atoms with Gasteiger partial charge in [0, 0.05) is 24.9 Å². The second kappa shape index (κ2) is 9.88. The van der Waals surface area contributed by atoms with E-state index < -0.39 is 0 Å². The molecule has 122 valence electrons. The second-order valence-corrected chi connectivity index (χ2v) is 8.90. The molecule has 21 heavy (non-hydrogen) atoms. The molecule has 1 aliphatic heterocycles. The summed E-state index contributed by atoms with van der Waals surface area (Å²) in [7, 11) is 1.90. The van der Waals surface area contributed by atoms with Crippen LogP contribution in [0.1, 0.15) is 45.4 Å². The largest absolute Gasteiger partial charge is 0.356 e. The van der Waals surface area contributed by atoms with Gasteiger partial charge in [0.25, 0.3) is 0 Å². The van der Waals surface area contributed by atoms with Crippen molar-refractivity contribution < 1.29 is 0 Å². The van der Waals surface area contributed by atoms with Gasteiger partial charge in [-0.2, -0.15) is 23.5 Å². The van der Waals surface area contributed by atoms with Crippen molar-refractivity contribution in [3.63, 3.8) is 0 Å². The number of guanidine groups is 1. The standard InChI is InChI=1S/C16H31N3S2/c1-3-21-15-6-4-5-14(11-15)19-16(17-2)18-12-13-7-9-20-10-8-13/h13-15H,3-12H2,1-2H3,(H2,17,18,19). The fourth-order valence-corrected chi connectivity index (χ4v) is 5.62. The SMILES string of the molecule is CCSC1CCCC(NC(=NC)NCC2CCSCC2)C1. The lowest BCUT2D eigenvalue weighted by Gasteiger charge is -2.31. The Bertz CT molecular complexity index is 315. The Morgan fingerprint density at radius 1 is 1.24 bits per heavy atom. The third-order valence-corrected chi connectivity index (χ3v) is 6.77. The van der Waals surface area contributed by atoms with E-state index >= 15 is 0 Å². The summed E-state index contributed by atoms with van der Waals surface area (Å²) in [5.41, 5.74) is 0. The van der Waals surface area contributed by atoms with Crippen LogP contribution in [0.15, 0.2) is 4.99 Å². The minimum Gasteiger partial charge on any atom is -0.356 e. The normalized spacial score (nSPS) is 28.4. The molecule has 1 aliphatic carbocycles. The Balaban J connectivity index is 1.71.